The van der Waals surface area contributed by atoms with Crippen molar-refractivity contribution in [2.75, 3.05) is 26.3 Å². The molecule has 1 aliphatic heterocycles. The SMILES string of the molecule is CC(C)(C)OC(=O)N1CC[C@@H](CO)[C@@H](NC(=O)OCC2c3ccccc3-c3ccccc32)C1. The van der Waals surface area contributed by atoms with E-state index in [0.717, 1.165) is 11.1 Å². The summed E-state index contributed by atoms with van der Waals surface area (Å²) in [6.07, 6.45) is -0.395. The van der Waals surface area contributed by atoms with Crippen LogP contribution in [0.3, 0.4) is 0 Å². The number of benzene rings is 2. The topological polar surface area (TPSA) is 88.1 Å². The first-order valence-corrected chi connectivity index (χ1v) is 11.5. The number of piperidine rings is 1. The molecule has 0 radical (unpaired) electrons. The van der Waals surface area contributed by atoms with Gasteiger partial charge in [-0.25, -0.2) is 9.59 Å². The van der Waals surface area contributed by atoms with Crippen molar-refractivity contribution in [3.05, 3.63) is 59.7 Å². The van der Waals surface area contributed by atoms with E-state index in [1.165, 1.54) is 11.1 Å². The van der Waals surface area contributed by atoms with Crippen molar-refractivity contribution in [3.63, 3.8) is 0 Å². The van der Waals surface area contributed by atoms with E-state index in [-0.39, 0.29) is 31.6 Å². The lowest BCUT2D eigenvalue weighted by molar-refractivity contribution is 0.00955. The Balaban J connectivity index is 1.39. The average molecular weight is 453 g/mol. The monoisotopic (exact) mass is 452 g/mol. The van der Waals surface area contributed by atoms with Gasteiger partial charge in [0.25, 0.3) is 0 Å². The molecule has 2 atom stereocenters. The molecule has 0 bridgehead atoms. The second kappa shape index (κ2) is 9.43. The molecule has 176 valence electrons. The minimum absolute atomic E-state index is 0.0265. The summed E-state index contributed by atoms with van der Waals surface area (Å²) in [5.41, 5.74) is 4.04. The van der Waals surface area contributed by atoms with Gasteiger partial charge < -0.3 is 24.8 Å². The van der Waals surface area contributed by atoms with Crippen molar-refractivity contribution in [1.29, 1.82) is 0 Å². The van der Waals surface area contributed by atoms with Crippen molar-refractivity contribution >= 4 is 12.2 Å². The molecule has 1 fully saturated rings. The number of rotatable bonds is 4. The van der Waals surface area contributed by atoms with E-state index < -0.39 is 23.8 Å². The Morgan fingerprint density at radius 2 is 1.67 bits per heavy atom. The Bertz CT molecular complexity index is 970. The molecule has 0 spiro atoms. The van der Waals surface area contributed by atoms with Gasteiger partial charge in [0.05, 0.1) is 6.04 Å². The standard InChI is InChI=1S/C26H32N2O5/c1-26(2,3)33-25(31)28-13-12-17(15-29)23(14-28)27-24(30)32-16-22-20-10-6-4-8-18(20)19-9-5-7-11-21(19)22/h4-11,17,22-23,29H,12-16H2,1-3H3,(H,27,30)/t17-,23-/m0/s1. The van der Waals surface area contributed by atoms with Gasteiger partial charge in [0.2, 0.25) is 0 Å². The second-order valence-electron chi connectivity index (χ2n) is 9.73. The number of hydrogen-bond donors (Lipinski definition) is 2. The third-order valence-corrected chi connectivity index (χ3v) is 6.29. The van der Waals surface area contributed by atoms with E-state index in [9.17, 15) is 14.7 Å². The van der Waals surface area contributed by atoms with Crippen molar-refractivity contribution in [1.82, 2.24) is 10.2 Å². The van der Waals surface area contributed by atoms with Crippen LogP contribution in [0.15, 0.2) is 48.5 Å². The third kappa shape index (κ3) is 5.14. The van der Waals surface area contributed by atoms with E-state index in [1.807, 2.05) is 45.0 Å². The molecule has 1 saturated heterocycles. The van der Waals surface area contributed by atoms with Crippen LogP contribution < -0.4 is 5.32 Å². The van der Waals surface area contributed by atoms with Crippen LogP contribution in [0.5, 0.6) is 0 Å². The number of hydrogen-bond acceptors (Lipinski definition) is 5. The number of aliphatic hydroxyl groups is 1. The molecule has 7 heteroatoms. The molecule has 0 unspecified atom stereocenters. The van der Waals surface area contributed by atoms with Gasteiger partial charge in [0, 0.05) is 31.5 Å². The lowest BCUT2D eigenvalue weighted by Crippen LogP contribution is -2.55. The minimum Gasteiger partial charge on any atom is -0.449 e. The molecule has 2 N–H and O–H groups in total. The number of nitrogens with zero attached hydrogens (tertiary/aromatic N) is 1. The first-order valence-electron chi connectivity index (χ1n) is 11.5. The predicted octanol–water partition coefficient (Wildman–Crippen LogP) is 4.14. The lowest BCUT2D eigenvalue weighted by atomic mass is 9.92. The van der Waals surface area contributed by atoms with Crippen LogP contribution >= 0.6 is 0 Å². The molecule has 0 saturated carbocycles. The van der Waals surface area contributed by atoms with Crippen molar-refractivity contribution in [3.8, 4) is 11.1 Å². The summed E-state index contributed by atoms with van der Waals surface area (Å²) >= 11 is 0. The quantitative estimate of drug-likeness (QED) is 0.728. The number of alkyl carbamates (subject to hydrolysis) is 1. The number of ether oxygens (including phenoxy) is 2. The highest BCUT2D eigenvalue weighted by molar-refractivity contribution is 5.79. The normalized spacial score (nSPS) is 20.1. The second-order valence-corrected chi connectivity index (χ2v) is 9.73. The zero-order valence-electron chi connectivity index (χ0n) is 19.4. The van der Waals surface area contributed by atoms with Gasteiger partial charge in [-0.15, -0.1) is 0 Å². The number of aliphatic hydroxyl groups excluding tert-OH is 1. The summed E-state index contributed by atoms with van der Waals surface area (Å²) in [5, 5.41) is 12.6. The molecule has 33 heavy (non-hydrogen) atoms. The van der Waals surface area contributed by atoms with Crippen molar-refractivity contribution < 1.29 is 24.2 Å². The van der Waals surface area contributed by atoms with Crippen molar-refractivity contribution in [2.45, 2.75) is 44.8 Å². The Hall–Kier alpha value is -3.06. The average Bonchev–Trinajstić information content (AvgIpc) is 3.10. The Kier molecular flexibility index (Phi) is 6.61. The zero-order chi connectivity index (χ0) is 23.6. The predicted molar refractivity (Wildman–Crippen MR) is 125 cm³/mol. The summed E-state index contributed by atoms with van der Waals surface area (Å²) in [4.78, 5) is 26.8. The molecule has 7 nitrogen and oxygen atoms in total. The smallest absolute Gasteiger partial charge is 0.410 e. The van der Waals surface area contributed by atoms with Gasteiger partial charge in [-0.2, -0.15) is 0 Å². The molecule has 0 aromatic heterocycles. The molecule has 2 aromatic rings. The molecule has 4 rings (SSSR count). The van der Waals surface area contributed by atoms with Gasteiger partial charge >= 0.3 is 12.2 Å². The summed E-state index contributed by atoms with van der Waals surface area (Å²) in [6, 6.07) is 15.9. The Morgan fingerprint density at radius 3 is 2.24 bits per heavy atom. The van der Waals surface area contributed by atoms with Gasteiger partial charge in [-0.1, -0.05) is 48.5 Å². The highest BCUT2D eigenvalue weighted by atomic mass is 16.6. The minimum atomic E-state index is -0.597. The number of carbonyl (C=O) groups excluding carboxylic acids is 2. The number of fused-ring (bicyclic) bond motifs is 3. The Morgan fingerprint density at radius 1 is 1.06 bits per heavy atom. The van der Waals surface area contributed by atoms with E-state index >= 15 is 0 Å². The molecule has 1 aliphatic carbocycles. The van der Waals surface area contributed by atoms with E-state index in [1.54, 1.807) is 4.90 Å². The summed E-state index contributed by atoms with van der Waals surface area (Å²) in [7, 11) is 0. The van der Waals surface area contributed by atoms with Crippen LogP contribution in [0.2, 0.25) is 0 Å². The van der Waals surface area contributed by atoms with E-state index in [0.29, 0.717) is 13.0 Å². The van der Waals surface area contributed by atoms with E-state index in [4.69, 9.17) is 9.47 Å². The van der Waals surface area contributed by atoms with Crippen LogP contribution in [-0.2, 0) is 9.47 Å². The van der Waals surface area contributed by atoms with Crippen LogP contribution in [0.25, 0.3) is 11.1 Å². The Labute approximate surface area is 194 Å². The van der Waals surface area contributed by atoms with E-state index in [2.05, 4.69) is 29.6 Å². The maximum absolute atomic E-state index is 12.7. The summed E-state index contributed by atoms with van der Waals surface area (Å²) in [5.74, 6) is -0.175. The summed E-state index contributed by atoms with van der Waals surface area (Å²) < 4.78 is 11.1. The molecule has 2 aromatic carbocycles. The highest BCUT2D eigenvalue weighted by Crippen LogP contribution is 2.44. The third-order valence-electron chi connectivity index (χ3n) is 6.29. The molecule has 2 aliphatic rings. The highest BCUT2D eigenvalue weighted by Gasteiger charge is 2.35. The van der Waals surface area contributed by atoms with Crippen LogP contribution in [0.1, 0.15) is 44.2 Å². The zero-order valence-corrected chi connectivity index (χ0v) is 19.4. The fraction of sp³-hybridized carbons (Fsp3) is 0.462. The van der Waals surface area contributed by atoms with Gasteiger partial charge in [-0.3, -0.25) is 0 Å². The van der Waals surface area contributed by atoms with Crippen LogP contribution in [0.4, 0.5) is 9.59 Å². The first-order chi connectivity index (χ1) is 15.8. The maximum Gasteiger partial charge on any atom is 0.410 e. The van der Waals surface area contributed by atoms with Gasteiger partial charge in [0.15, 0.2) is 0 Å². The molecule has 1 heterocycles. The number of carbonyl (C=O) groups is 2. The van der Waals surface area contributed by atoms with Crippen molar-refractivity contribution in [2.24, 2.45) is 5.92 Å². The van der Waals surface area contributed by atoms with Gasteiger partial charge in [-0.05, 0) is 49.4 Å². The number of nitrogens with one attached hydrogen (secondary N) is 1. The van der Waals surface area contributed by atoms with Crippen LogP contribution in [0, 0.1) is 5.92 Å². The lowest BCUT2D eigenvalue weighted by Gasteiger charge is -2.38. The molecular formula is C26H32N2O5. The van der Waals surface area contributed by atoms with Gasteiger partial charge in [0.1, 0.15) is 12.2 Å². The fourth-order valence-corrected chi connectivity index (χ4v) is 4.67. The number of amides is 2. The summed E-state index contributed by atoms with van der Waals surface area (Å²) in [6.45, 7) is 6.34. The molecular weight excluding hydrogens is 420 g/mol. The number of likely N-dealkylation sites (tertiary alicyclic amines) is 1. The fourth-order valence-electron chi connectivity index (χ4n) is 4.67. The molecule has 2 amide bonds. The maximum atomic E-state index is 12.7. The largest absolute Gasteiger partial charge is 0.449 e. The first kappa shape index (κ1) is 23.1. The van der Waals surface area contributed by atoms with Crippen LogP contribution in [-0.4, -0.2) is 60.1 Å².